The summed E-state index contributed by atoms with van der Waals surface area (Å²) in [6.07, 6.45) is 0.0275. The van der Waals surface area contributed by atoms with Gasteiger partial charge in [0.25, 0.3) is 0 Å². The molecule has 0 fully saturated rings. The Morgan fingerprint density at radius 1 is 1.35 bits per heavy atom. The third-order valence-electron chi connectivity index (χ3n) is 3.00. The van der Waals surface area contributed by atoms with Crippen molar-refractivity contribution in [1.29, 1.82) is 0 Å². The summed E-state index contributed by atoms with van der Waals surface area (Å²) in [6, 6.07) is -0.564. The van der Waals surface area contributed by atoms with Crippen molar-refractivity contribution in [3.8, 4) is 0 Å². The third-order valence-corrected chi connectivity index (χ3v) is 3.00. The second kappa shape index (κ2) is 6.93. The zero-order valence-electron chi connectivity index (χ0n) is 12.2. The molecule has 1 heterocycles. The van der Waals surface area contributed by atoms with Crippen molar-refractivity contribution in [2.24, 2.45) is 5.92 Å². The number of amides is 2. The van der Waals surface area contributed by atoms with Crippen LogP contribution < -0.4 is 10.6 Å². The summed E-state index contributed by atoms with van der Waals surface area (Å²) in [4.78, 5) is 22.3. The fourth-order valence-corrected chi connectivity index (χ4v) is 2.07. The van der Waals surface area contributed by atoms with Crippen LogP contribution in [0.15, 0.2) is 4.52 Å². The Bertz CT molecular complexity index is 464. The van der Waals surface area contributed by atoms with Crippen molar-refractivity contribution < 1.29 is 19.2 Å². The van der Waals surface area contributed by atoms with Gasteiger partial charge in [-0.15, -0.1) is 0 Å². The molecule has 0 aromatic carbocycles. The highest BCUT2D eigenvalue weighted by molar-refractivity contribution is 5.74. The SMILES string of the molecule is Cc1noc(C)c1C(C)NC(=O)NCC(C)CC(=O)O. The Morgan fingerprint density at radius 2 is 2.00 bits per heavy atom. The molecular formula is C13H21N3O4. The molecule has 112 valence electrons. The van der Waals surface area contributed by atoms with Gasteiger partial charge in [-0.25, -0.2) is 4.79 Å². The molecule has 2 amide bonds. The van der Waals surface area contributed by atoms with Gasteiger partial charge in [-0.1, -0.05) is 12.1 Å². The number of carboxylic acids is 1. The Hall–Kier alpha value is -2.05. The van der Waals surface area contributed by atoms with Gasteiger partial charge in [0.1, 0.15) is 5.76 Å². The van der Waals surface area contributed by atoms with Crippen LogP contribution in [-0.2, 0) is 4.79 Å². The van der Waals surface area contributed by atoms with Gasteiger partial charge in [-0.2, -0.15) is 0 Å². The van der Waals surface area contributed by atoms with Gasteiger partial charge < -0.3 is 20.3 Å². The summed E-state index contributed by atoms with van der Waals surface area (Å²) in [5.41, 5.74) is 1.60. The van der Waals surface area contributed by atoms with Crippen molar-refractivity contribution in [3.05, 3.63) is 17.0 Å². The van der Waals surface area contributed by atoms with E-state index >= 15 is 0 Å². The first-order valence-electron chi connectivity index (χ1n) is 6.50. The van der Waals surface area contributed by atoms with E-state index in [1.54, 1.807) is 13.8 Å². The van der Waals surface area contributed by atoms with Gasteiger partial charge in [0, 0.05) is 18.5 Å². The number of aliphatic carboxylic acids is 1. The normalized spacial score (nSPS) is 13.6. The van der Waals surface area contributed by atoms with Crippen molar-refractivity contribution in [3.63, 3.8) is 0 Å². The average Bonchev–Trinajstić information content (AvgIpc) is 2.65. The lowest BCUT2D eigenvalue weighted by Gasteiger charge is -2.16. The van der Waals surface area contributed by atoms with Gasteiger partial charge in [-0.05, 0) is 26.7 Å². The van der Waals surface area contributed by atoms with E-state index in [4.69, 9.17) is 9.63 Å². The Balaban J connectivity index is 2.45. The molecule has 2 atom stereocenters. The molecule has 0 radical (unpaired) electrons. The Morgan fingerprint density at radius 3 is 2.50 bits per heavy atom. The van der Waals surface area contributed by atoms with Crippen LogP contribution in [0, 0.1) is 19.8 Å². The van der Waals surface area contributed by atoms with Crippen molar-refractivity contribution in [1.82, 2.24) is 15.8 Å². The first-order chi connectivity index (χ1) is 9.31. The van der Waals surface area contributed by atoms with Crippen molar-refractivity contribution in [2.75, 3.05) is 6.54 Å². The molecule has 1 aromatic rings. The molecule has 7 nitrogen and oxygen atoms in total. The van der Waals surface area contributed by atoms with Gasteiger partial charge >= 0.3 is 12.0 Å². The summed E-state index contributed by atoms with van der Waals surface area (Å²) in [5, 5.41) is 17.9. The first kappa shape index (κ1) is 16.0. The van der Waals surface area contributed by atoms with E-state index < -0.39 is 5.97 Å². The maximum Gasteiger partial charge on any atom is 0.315 e. The largest absolute Gasteiger partial charge is 0.481 e. The Labute approximate surface area is 117 Å². The van der Waals surface area contributed by atoms with Crippen LogP contribution in [-0.4, -0.2) is 28.8 Å². The molecule has 0 aliphatic rings. The molecule has 20 heavy (non-hydrogen) atoms. The van der Waals surface area contributed by atoms with Crippen LogP contribution >= 0.6 is 0 Å². The number of nitrogens with one attached hydrogen (secondary N) is 2. The third kappa shape index (κ3) is 4.56. The number of aryl methyl sites for hydroxylation is 2. The molecule has 2 unspecified atom stereocenters. The van der Waals surface area contributed by atoms with Gasteiger partial charge in [-0.3, -0.25) is 4.79 Å². The van der Waals surface area contributed by atoms with Crippen LogP contribution in [0.3, 0.4) is 0 Å². The van der Waals surface area contributed by atoms with E-state index in [1.165, 1.54) is 0 Å². The molecule has 7 heteroatoms. The lowest BCUT2D eigenvalue weighted by atomic mass is 10.1. The molecular weight excluding hydrogens is 262 g/mol. The predicted octanol–water partition coefficient (Wildman–Crippen LogP) is 1.76. The smallest absolute Gasteiger partial charge is 0.315 e. The molecule has 1 rings (SSSR count). The second-order valence-corrected chi connectivity index (χ2v) is 5.02. The number of hydrogen-bond donors (Lipinski definition) is 3. The molecule has 0 saturated heterocycles. The molecule has 0 saturated carbocycles. The van der Waals surface area contributed by atoms with E-state index in [0.29, 0.717) is 12.3 Å². The lowest BCUT2D eigenvalue weighted by molar-refractivity contribution is -0.137. The van der Waals surface area contributed by atoms with Crippen LogP contribution in [0.4, 0.5) is 4.79 Å². The summed E-state index contributed by atoms with van der Waals surface area (Å²) >= 11 is 0. The van der Waals surface area contributed by atoms with Gasteiger partial charge in [0.05, 0.1) is 11.7 Å². The highest BCUT2D eigenvalue weighted by Crippen LogP contribution is 2.20. The molecule has 0 aliphatic carbocycles. The van der Waals surface area contributed by atoms with E-state index in [0.717, 1.165) is 11.3 Å². The summed E-state index contributed by atoms with van der Waals surface area (Å²) in [6.45, 7) is 7.53. The highest BCUT2D eigenvalue weighted by atomic mass is 16.5. The molecule has 3 N–H and O–H groups in total. The standard InChI is InChI=1S/C13H21N3O4/c1-7(5-11(17)18)6-14-13(19)15-8(2)12-9(3)16-20-10(12)4/h7-8H,5-6H2,1-4H3,(H,17,18)(H2,14,15,19). The lowest BCUT2D eigenvalue weighted by Crippen LogP contribution is -2.39. The van der Waals surface area contributed by atoms with E-state index in [-0.39, 0.29) is 24.4 Å². The minimum Gasteiger partial charge on any atom is -0.481 e. The van der Waals surface area contributed by atoms with Crippen LogP contribution in [0.2, 0.25) is 0 Å². The predicted molar refractivity (Wildman–Crippen MR) is 72.3 cm³/mol. The number of nitrogens with zero attached hydrogens (tertiary/aromatic N) is 1. The molecule has 0 bridgehead atoms. The van der Waals surface area contributed by atoms with E-state index in [2.05, 4.69) is 15.8 Å². The highest BCUT2D eigenvalue weighted by Gasteiger charge is 2.18. The van der Waals surface area contributed by atoms with Crippen molar-refractivity contribution in [2.45, 2.75) is 40.2 Å². The fourth-order valence-electron chi connectivity index (χ4n) is 2.07. The van der Waals surface area contributed by atoms with Crippen LogP contribution in [0.5, 0.6) is 0 Å². The minimum atomic E-state index is -0.871. The summed E-state index contributed by atoms with van der Waals surface area (Å²) < 4.78 is 5.05. The maximum absolute atomic E-state index is 11.7. The van der Waals surface area contributed by atoms with Crippen LogP contribution in [0.1, 0.15) is 43.3 Å². The van der Waals surface area contributed by atoms with Gasteiger partial charge in [0.15, 0.2) is 0 Å². The molecule has 1 aromatic heterocycles. The zero-order valence-corrected chi connectivity index (χ0v) is 12.2. The fraction of sp³-hybridized carbons (Fsp3) is 0.615. The van der Waals surface area contributed by atoms with Gasteiger partial charge in [0.2, 0.25) is 0 Å². The molecule has 0 aliphatic heterocycles. The summed E-state index contributed by atoms with van der Waals surface area (Å²) in [7, 11) is 0. The van der Waals surface area contributed by atoms with E-state index in [9.17, 15) is 9.59 Å². The quantitative estimate of drug-likeness (QED) is 0.738. The zero-order chi connectivity index (χ0) is 15.3. The number of carbonyl (C=O) groups is 2. The number of rotatable bonds is 6. The average molecular weight is 283 g/mol. The second-order valence-electron chi connectivity index (χ2n) is 5.02. The molecule has 0 spiro atoms. The monoisotopic (exact) mass is 283 g/mol. The topological polar surface area (TPSA) is 104 Å². The Kier molecular flexibility index (Phi) is 5.54. The van der Waals surface area contributed by atoms with Crippen LogP contribution in [0.25, 0.3) is 0 Å². The number of carbonyl (C=O) groups excluding carboxylic acids is 1. The van der Waals surface area contributed by atoms with E-state index in [1.807, 2.05) is 13.8 Å². The number of carboxylic acid groups (broad SMARTS) is 1. The number of hydrogen-bond acceptors (Lipinski definition) is 4. The number of urea groups is 1. The maximum atomic E-state index is 11.7. The minimum absolute atomic E-state index is 0.0275. The number of aromatic nitrogens is 1. The van der Waals surface area contributed by atoms with Crippen molar-refractivity contribution >= 4 is 12.0 Å². The summed E-state index contributed by atoms with van der Waals surface area (Å²) in [5.74, 6) is -0.314. The first-order valence-corrected chi connectivity index (χ1v) is 6.50.